The number of urea groups is 1. The summed E-state index contributed by atoms with van der Waals surface area (Å²) in [5.41, 5.74) is -0.0563. The molecule has 0 saturated carbocycles. The molecule has 0 aromatic rings. The van der Waals surface area contributed by atoms with Crippen LogP contribution in [0, 0.1) is 0 Å². The summed E-state index contributed by atoms with van der Waals surface area (Å²) in [7, 11) is 1.83. The predicted octanol–water partition coefficient (Wildman–Crippen LogP) is 1.84. The first kappa shape index (κ1) is 11.3. The number of rotatable bonds is 3. The minimum absolute atomic E-state index is 0.00403. The molecule has 0 aliphatic rings. The zero-order valence-corrected chi connectivity index (χ0v) is 8.77. The maximum absolute atomic E-state index is 11.4. The Morgan fingerprint density at radius 2 is 1.92 bits per heavy atom. The SMILES string of the molecule is CCNC(=O)N(C)C(C)(C)CC. The molecular formula is C9H20N2O. The molecule has 0 fully saturated rings. The molecule has 0 aromatic heterocycles. The van der Waals surface area contributed by atoms with Crippen LogP contribution in [0.5, 0.6) is 0 Å². The third-order valence-corrected chi connectivity index (χ3v) is 2.41. The second-order valence-electron chi connectivity index (χ2n) is 3.56. The fraction of sp³-hybridized carbons (Fsp3) is 0.889. The number of amides is 2. The number of nitrogens with one attached hydrogen (secondary N) is 1. The van der Waals surface area contributed by atoms with E-state index in [1.165, 1.54) is 0 Å². The lowest BCUT2D eigenvalue weighted by molar-refractivity contribution is 0.153. The van der Waals surface area contributed by atoms with Gasteiger partial charge in [0.25, 0.3) is 0 Å². The topological polar surface area (TPSA) is 32.3 Å². The quantitative estimate of drug-likeness (QED) is 0.692. The molecule has 12 heavy (non-hydrogen) atoms. The van der Waals surface area contributed by atoms with Gasteiger partial charge in [-0.25, -0.2) is 4.79 Å². The Balaban J connectivity index is 4.17. The van der Waals surface area contributed by atoms with Gasteiger partial charge in [0, 0.05) is 19.1 Å². The molecule has 0 heterocycles. The molecule has 0 unspecified atom stereocenters. The molecule has 0 spiro atoms. The van der Waals surface area contributed by atoms with Gasteiger partial charge in [-0.3, -0.25) is 0 Å². The summed E-state index contributed by atoms with van der Waals surface area (Å²) in [4.78, 5) is 13.1. The van der Waals surface area contributed by atoms with Crippen LogP contribution in [0.15, 0.2) is 0 Å². The molecule has 0 saturated heterocycles. The fourth-order valence-electron chi connectivity index (χ4n) is 0.782. The van der Waals surface area contributed by atoms with Crippen molar-refractivity contribution in [3.63, 3.8) is 0 Å². The van der Waals surface area contributed by atoms with Crippen molar-refractivity contribution in [3.05, 3.63) is 0 Å². The maximum atomic E-state index is 11.4. The highest BCUT2D eigenvalue weighted by atomic mass is 16.2. The molecule has 0 aromatic carbocycles. The number of nitrogens with zero attached hydrogens (tertiary/aromatic N) is 1. The van der Waals surface area contributed by atoms with Crippen LogP contribution >= 0.6 is 0 Å². The lowest BCUT2D eigenvalue weighted by Crippen LogP contribution is -2.49. The van der Waals surface area contributed by atoms with Gasteiger partial charge in [-0.2, -0.15) is 0 Å². The monoisotopic (exact) mass is 172 g/mol. The molecular weight excluding hydrogens is 152 g/mol. The Kier molecular flexibility index (Phi) is 4.07. The molecule has 72 valence electrons. The van der Waals surface area contributed by atoms with Crippen LogP contribution in [-0.2, 0) is 0 Å². The molecule has 0 aliphatic carbocycles. The van der Waals surface area contributed by atoms with Gasteiger partial charge >= 0.3 is 6.03 Å². The van der Waals surface area contributed by atoms with Crippen LogP contribution in [0.1, 0.15) is 34.1 Å². The van der Waals surface area contributed by atoms with Crippen molar-refractivity contribution in [2.75, 3.05) is 13.6 Å². The third kappa shape index (κ3) is 2.72. The van der Waals surface area contributed by atoms with Gasteiger partial charge < -0.3 is 10.2 Å². The van der Waals surface area contributed by atoms with E-state index in [1.807, 2.05) is 14.0 Å². The van der Waals surface area contributed by atoms with Crippen LogP contribution in [0.3, 0.4) is 0 Å². The van der Waals surface area contributed by atoms with E-state index in [0.29, 0.717) is 6.54 Å². The predicted molar refractivity (Wildman–Crippen MR) is 51.2 cm³/mol. The Morgan fingerprint density at radius 3 is 2.25 bits per heavy atom. The summed E-state index contributed by atoms with van der Waals surface area (Å²) in [6.45, 7) is 8.80. The largest absolute Gasteiger partial charge is 0.338 e. The van der Waals surface area contributed by atoms with Gasteiger partial charge in [0.1, 0.15) is 0 Å². The van der Waals surface area contributed by atoms with Crippen LogP contribution in [0.25, 0.3) is 0 Å². The smallest absolute Gasteiger partial charge is 0.317 e. The van der Waals surface area contributed by atoms with Crippen molar-refractivity contribution in [2.24, 2.45) is 0 Å². The highest BCUT2D eigenvalue weighted by molar-refractivity contribution is 5.74. The Morgan fingerprint density at radius 1 is 1.42 bits per heavy atom. The number of carbonyl (C=O) groups excluding carboxylic acids is 1. The lowest BCUT2D eigenvalue weighted by atomic mass is 10.0. The molecule has 0 atom stereocenters. The van der Waals surface area contributed by atoms with E-state index in [9.17, 15) is 4.79 Å². The van der Waals surface area contributed by atoms with Crippen LogP contribution < -0.4 is 5.32 Å². The summed E-state index contributed by atoms with van der Waals surface area (Å²) in [5.74, 6) is 0. The fourth-order valence-corrected chi connectivity index (χ4v) is 0.782. The summed E-state index contributed by atoms with van der Waals surface area (Å²) < 4.78 is 0. The number of hydrogen-bond donors (Lipinski definition) is 1. The van der Waals surface area contributed by atoms with Gasteiger partial charge in [0.2, 0.25) is 0 Å². The summed E-state index contributed by atoms with van der Waals surface area (Å²) >= 11 is 0. The first-order chi connectivity index (χ1) is 5.45. The van der Waals surface area contributed by atoms with Gasteiger partial charge in [-0.05, 0) is 27.2 Å². The molecule has 3 heteroatoms. The maximum Gasteiger partial charge on any atom is 0.317 e. The molecule has 2 amide bonds. The van der Waals surface area contributed by atoms with E-state index in [0.717, 1.165) is 6.42 Å². The zero-order valence-electron chi connectivity index (χ0n) is 8.77. The van der Waals surface area contributed by atoms with E-state index in [1.54, 1.807) is 4.90 Å². The second-order valence-corrected chi connectivity index (χ2v) is 3.56. The van der Waals surface area contributed by atoms with Crippen molar-refractivity contribution in [1.82, 2.24) is 10.2 Å². The van der Waals surface area contributed by atoms with E-state index in [-0.39, 0.29) is 11.6 Å². The van der Waals surface area contributed by atoms with E-state index in [2.05, 4.69) is 26.1 Å². The molecule has 0 radical (unpaired) electrons. The Labute approximate surface area is 75.1 Å². The summed E-state index contributed by atoms with van der Waals surface area (Å²) in [6, 6.07) is 0.00403. The van der Waals surface area contributed by atoms with Crippen LogP contribution in [-0.4, -0.2) is 30.1 Å². The van der Waals surface area contributed by atoms with Crippen molar-refractivity contribution in [3.8, 4) is 0 Å². The summed E-state index contributed by atoms with van der Waals surface area (Å²) in [5, 5.41) is 2.77. The normalized spacial score (nSPS) is 11.1. The zero-order chi connectivity index (χ0) is 9.78. The van der Waals surface area contributed by atoms with Crippen LogP contribution in [0.2, 0.25) is 0 Å². The van der Waals surface area contributed by atoms with Gasteiger partial charge in [-0.1, -0.05) is 6.92 Å². The van der Waals surface area contributed by atoms with E-state index >= 15 is 0 Å². The second kappa shape index (κ2) is 4.33. The minimum Gasteiger partial charge on any atom is -0.338 e. The van der Waals surface area contributed by atoms with Gasteiger partial charge in [0.05, 0.1) is 0 Å². The molecule has 1 N–H and O–H groups in total. The van der Waals surface area contributed by atoms with Gasteiger partial charge in [0.15, 0.2) is 0 Å². The van der Waals surface area contributed by atoms with Crippen LogP contribution in [0.4, 0.5) is 4.79 Å². The van der Waals surface area contributed by atoms with Gasteiger partial charge in [-0.15, -0.1) is 0 Å². The van der Waals surface area contributed by atoms with Crippen molar-refractivity contribution in [1.29, 1.82) is 0 Å². The number of carbonyl (C=O) groups is 1. The summed E-state index contributed by atoms with van der Waals surface area (Å²) in [6.07, 6.45) is 0.959. The number of hydrogen-bond acceptors (Lipinski definition) is 1. The van der Waals surface area contributed by atoms with Crippen molar-refractivity contribution >= 4 is 6.03 Å². The first-order valence-corrected chi connectivity index (χ1v) is 4.47. The van der Waals surface area contributed by atoms with Crippen molar-refractivity contribution < 1.29 is 4.79 Å². The Bertz CT molecular complexity index is 155. The average molecular weight is 172 g/mol. The standard InChI is InChI=1S/C9H20N2O/c1-6-9(3,4)11(5)8(12)10-7-2/h6-7H2,1-5H3,(H,10,12). The third-order valence-electron chi connectivity index (χ3n) is 2.41. The molecule has 0 aliphatic heterocycles. The highest BCUT2D eigenvalue weighted by Gasteiger charge is 2.24. The first-order valence-electron chi connectivity index (χ1n) is 4.47. The average Bonchev–Trinajstić information content (AvgIpc) is 2.03. The minimum atomic E-state index is -0.0563. The lowest BCUT2D eigenvalue weighted by Gasteiger charge is -2.34. The van der Waals surface area contributed by atoms with Crippen molar-refractivity contribution in [2.45, 2.75) is 39.7 Å². The molecule has 0 bridgehead atoms. The highest BCUT2D eigenvalue weighted by Crippen LogP contribution is 2.15. The molecule has 3 nitrogen and oxygen atoms in total. The van der Waals surface area contributed by atoms with E-state index < -0.39 is 0 Å². The molecule has 0 rings (SSSR count). The van der Waals surface area contributed by atoms with E-state index in [4.69, 9.17) is 0 Å². The Hall–Kier alpha value is -0.730.